The number of likely N-dealkylation sites (N-methyl/N-ethyl adjacent to an activating group) is 1. The molecule has 4 atom stereocenters. The molecule has 2 N–H and O–H groups in total. The summed E-state index contributed by atoms with van der Waals surface area (Å²) in [7, 11) is 3.37. The Morgan fingerprint density at radius 2 is 2.16 bits per heavy atom. The normalized spacial score (nSPS) is 22.8. The van der Waals surface area contributed by atoms with Crippen molar-refractivity contribution in [3.8, 4) is 0 Å². The van der Waals surface area contributed by atoms with Crippen molar-refractivity contribution in [1.29, 1.82) is 0 Å². The van der Waals surface area contributed by atoms with Crippen molar-refractivity contribution in [2.45, 2.75) is 31.4 Å². The van der Waals surface area contributed by atoms with Crippen LogP contribution in [-0.4, -0.2) is 94.7 Å². The van der Waals surface area contributed by atoms with Crippen LogP contribution in [0.3, 0.4) is 0 Å². The highest BCUT2D eigenvalue weighted by Gasteiger charge is 2.32. The minimum Gasteiger partial charge on any atom is -0.453 e. The van der Waals surface area contributed by atoms with Gasteiger partial charge in [0.05, 0.1) is 26.4 Å². The number of ether oxygens (including phenoxy) is 3. The fourth-order valence-corrected chi connectivity index (χ4v) is 5.18. The molecule has 2 saturated heterocycles. The number of carbonyl (C=O) groups excluding carboxylic acids is 2. The lowest BCUT2D eigenvalue weighted by Gasteiger charge is -2.38. The summed E-state index contributed by atoms with van der Waals surface area (Å²) in [6, 6.07) is 6.63. The number of likely N-dealkylation sites (tertiary alicyclic amines) is 1. The summed E-state index contributed by atoms with van der Waals surface area (Å²) >= 11 is 0. The standard InChI is InChI=1S/C27H41FN4O5/c1-4-20-19-36-15-10-24(20)31(2)14-11-29-26(33)32-13-6-8-22(18-32)25(21-7-5-9-23(28)17-21)37-16-12-30-27(34)35-3/h4-5,7,9,17,20,22,24-25H,1,6,8,10-16,18-19H2,2-3H3,(H,29,33)(H,30,34)/t20-,22+,24?,25-/m0/s1. The molecule has 3 rings (SSSR count). The lowest BCUT2D eigenvalue weighted by atomic mass is 9.88. The average Bonchev–Trinajstić information content (AvgIpc) is 2.92. The maximum absolute atomic E-state index is 14.0. The van der Waals surface area contributed by atoms with E-state index in [1.165, 1.54) is 19.2 Å². The van der Waals surface area contributed by atoms with Crippen LogP contribution in [0.4, 0.5) is 14.0 Å². The minimum atomic E-state index is -0.533. The maximum atomic E-state index is 14.0. The second-order valence-electron chi connectivity index (χ2n) is 9.66. The SMILES string of the molecule is C=C[C@H]1COCCC1N(C)CCNC(=O)N1CCC[C@@H]([C@@H](OCCNC(=O)OC)c2cccc(F)c2)C1. The maximum Gasteiger partial charge on any atom is 0.406 e. The Hall–Kier alpha value is -2.69. The number of benzene rings is 1. The molecule has 0 saturated carbocycles. The number of methoxy groups -OCH3 is 1. The first kappa shape index (κ1) is 28.9. The number of carbonyl (C=O) groups is 2. The molecule has 37 heavy (non-hydrogen) atoms. The summed E-state index contributed by atoms with van der Waals surface area (Å²) in [6.07, 6.45) is 3.65. The van der Waals surface area contributed by atoms with Gasteiger partial charge in [-0.15, -0.1) is 6.58 Å². The van der Waals surface area contributed by atoms with Crippen LogP contribution in [0.25, 0.3) is 0 Å². The molecule has 0 spiro atoms. The third kappa shape index (κ3) is 8.69. The van der Waals surface area contributed by atoms with Crippen LogP contribution in [0.5, 0.6) is 0 Å². The van der Waals surface area contributed by atoms with Crippen LogP contribution in [-0.2, 0) is 14.2 Å². The zero-order valence-electron chi connectivity index (χ0n) is 22.0. The molecule has 2 heterocycles. The van der Waals surface area contributed by atoms with Gasteiger partial charge in [0.2, 0.25) is 0 Å². The van der Waals surface area contributed by atoms with Crippen LogP contribution >= 0.6 is 0 Å². The van der Waals surface area contributed by atoms with Gasteiger partial charge in [0, 0.05) is 57.2 Å². The minimum absolute atomic E-state index is 0.00214. The number of rotatable bonds is 11. The molecule has 206 valence electrons. The fourth-order valence-electron chi connectivity index (χ4n) is 5.18. The van der Waals surface area contributed by atoms with Crippen molar-refractivity contribution < 1.29 is 28.2 Å². The first-order valence-corrected chi connectivity index (χ1v) is 13.0. The predicted octanol–water partition coefficient (Wildman–Crippen LogP) is 3.18. The third-order valence-corrected chi connectivity index (χ3v) is 7.18. The molecule has 2 aliphatic rings. The first-order valence-electron chi connectivity index (χ1n) is 13.0. The Balaban J connectivity index is 1.54. The Labute approximate surface area is 219 Å². The lowest BCUT2D eigenvalue weighted by Crippen LogP contribution is -2.49. The molecule has 1 aromatic rings. The highest BCUT2D eigenvalue weighted by atomic mass is 19.1. The molecule has 2 fully saturated rings. The van der Waals surface area contributed by atoms with Gasteiger partial charge in [-0.3, -0.25) is 0 Å². The van der Waals surface area contributed by atoms with Crippen molar-refractivity contribution in [2.24, 2.45) is 11.8 Å². The topological polar surface area (TPSA) is 92.4 Å². The van der Waals surface area contributed by atoms with Gasteiger partial charge in [0.1, 0.15) is 5.82 Å². The largest absolute Gasteiger partial charge is 0.453 e. The molecule has 0 aliphatic carbocycles. The van der Waals surface area contributed by atoms with E-state index in [0.29, 0.717) is 38.2 Å². The van der Waals surface area contributed by atoms with Crippen molar-refractivity contribution in [1.82, 2.24) is 20.4 Å². The summed E-state index contributed by atoms with van der Waals surface area (Å²) in [5.74, 6) is -0.0471. The van der Waals surface area contributed by atoms with Gasteiger partial charge in [-0.1, -0.05) is 18.2 Å². The molecular weight excluding hydrogens is 479 g/mol. The number of nitrogens with zero attached hydrogens (tertiary/aromatic N) is 2. The number of hydrogen-bond acceptors (Lipinski definition) is 6. The molecule has 1 unspecified atom stereocenters. The van der Waals surface area contributed by atoms with E-state index in [9.17, 15) is 14.0 Å². The molecule has 10 heteroatoms. The smallest absolute Gasteiger partial charge is 0.406 e. The summed E-state index contributed by atoms with van der Waals surface area (Å²) < 4.78 is 30.3. The van der Waals surface area contributed by atoms with Gasteiger partial charge in [-0.25, -0.2) is 14.0 Å². The highest BCUT2D eigenvalue weighted by Crippen LogP contribution is 2.33. The number of amides is 3. The molecule has 1 aromatic carbocycles. The van der Waals surface area contributed by atoms with Gasteiger partial charge in [0.15, 0.2) is 0 Å². The van der Waals surface area contributed by atoms with Crippen LogP contribution in [0.1, 0.15) is 30.9 Å². The molecule has 0 bridgehead atoms. The molecule has 0 aromatic heterocycles. The van der Waals surface area contributed by atoms with Crippen LogP contribution in [0.15, 0.2) is 36.9 Å². The molecular formula is C27H41FN4O5. The number of halogens is 1. The zero-order valence-corrected chi connectivity index (χ0v) is 22.0. The van der Waals surface area contributed by atoms with E-state index >= 15 is 0 Å². The molecule has 3 amide bonds. The third-order valence-electron chi connectivity index (χ3n) is 7.18. The Kier molecular flexibility index (Phi) is 11.6. The summed E-state index contributed by atoms with van der Waals surface area (Å²) in [5, 5.41) is 5.65. The summed E-state index contributed by atoms with van der Waals surface area (Å²) in [5.41, 5.74) is 0.722. The van der Waals surface area contributed by atoms with Crippen molar-refractivity contribution in [2.75, 3.05) is 66.7 Å². The lowest BCUT2D eigenvalue weighted by molar-refractivity contribution is -0.00875. The fraction of sp³-hybridized carbons (Fsp3) is 0.630. The van der Waals surface area contributed by atoms with E-state index in [0.717, 1.165) is 38.0 Å². The number of alkyl carbamates (subject to hydrolysis) is 1. The average molecular weight is 521 g/mol. The van der Waals surface area contributed by atoms with Crippen molar-refractivity contribution in [3.05, 3.63) is 48.3 Å². The number of urea groups is 1. The van der Waals surface area contributed by atoms with Crippen molar-refractivity contribution >= 4 is 12.1 Å². The molecule has 0 radical (unpaired) electrons. The Morgan fingerprint density at radius 1 is 1.32 bits per heavy atom. The van der Waals surface area contributed by atoms with E-state index < -0.39 is 12.2 Å². The summed E-state index contributed by atoms with van der Waals surface area (Å²) in [6.45, 7) is 8.32. The first-order chi connectivity index (χ1) is 17.9. The molecule has 9 nitrogen and oxygen atoms in total. The van der Waals surface area contributed by atoms with Gasteiger partial charge < -0.3 is 34.6 Å². The molecule has 2 aliphatic heterocycles. The monoisotopic (exact) mass is 520 g/mol. The van der Waals surface area contributed by atoms with E-state index in [4.69, 9.17) is 9.47 Å². The second kappa shape index (κ2) is 14.9. The van der Waals surface area contributed by atoms with E-state index in [-0.39, 0.29) is 30.9 Å². The Bertz CT molecular complexity index is 888. The van der Waals surface area contributed by atoms with E-state index in [2.05, 4.69) is 33.9 Å². The van der Waals surface area contributed by atoms with Gasteiger partial charge >= 0.3 is 12.1 Å². The number of nitrogens with one attached hydrogen (secondary N) is 2. The Morgan fingerprint density at radius 3 is 2.92 bits per heavy atom. The van der Waals surface area contributed by atoms with Gasteiger partial charge in [-0.2, -0.15) is 0 Å². The summed E-state index contributed by atoms with van der Waals surface area (Å²) in [4.78, 5) is 28.4. The van der Waals surface area contributed by atoms with E-state index in [1.54, 1.807) is 6.07 Å². The second-order valence-corrected chi connectivity index (χ2v) is 9.66. The van der Waals surface area contributed by atoms with Crippen LogP contribution in [0, 0.1) is 17.7 Å². The van der Waals surface area contributed by atoms with E-state index in [1.807, 2.05) is 17.0 Å². The highest BCUT2D eigenvalue weighted by molar-refractivity contribution is 5.74. The zero-order chi connectivity index (χ0) is 26.6. The number of piperidine rings is 1. The van der Waals surface area contributed by atoms with Crippen molar-refractivity contribution in [3.63, 3.8) is 0 Å². The number of hydrogen-bond donors (Lipinski definition) is 2. The predicted molar refractivity (Wildman–Crippen MR) is 139 cm³/mol. The quantitative estimate of drug-likeness (QED) is 0.344. The van der Waals surface area contributed by atoms with Gasteiger partial charge in [-0.05, 0) is 44.0 Å². The van der Waals surface area contributed by atoms with Crippen LogP contribution < -0.4 is 10.6 Å². The van der Waals surface area contributed by atoms with Gasteiger partial charge in [0.25, 0.3) is 0 Å². The van der Waals surface area contributed by atoms with Crippen LogP contribution in [0.2, 0.25) is 0 Å².